The standard InChI is InChI=1S/C80H58N4/c1-5-21-69(22-6-1)81(75-47-33-63(34-48-75)65-37-51-77(52-38-65)83(71-25-9-3-10-26-71)79-55-41-59-17-13-15-19-67(59)57-79)73-43-29-61(30-44-73)62-31-45-74(46-32-62)82(70-23-7-2-8-24-70)76-49-35-64(36-50-76)66-39-53-78(54-40-66)84(72-27-11-4-12-28-72)80-56-42-60-18-14-16-20-68(60)58-80/h1-58H. The third kappa shape index (κ3) is 10.6. The lowest BCUT2D eigenvalue weighted by atomic mass is 10.0. The third-order valence-corrected chi connectivity index (χ3v) is 15.8. The van der Waals surface area contributed by atoms with E-state index in [4.69, 9.17) is 0 Å². The van der Waals surface area contributed by atoms with Gasteiger partial charge in [-0.15, -0.1) is 0 Å². The molecular formula is C80H58N4. The largest absolute Gasteiger partial charge is 0.311 e. The van der Waals surface area contributed by atoms with Gasteiger partial charge in [-0.1, -0.05) is 206 Å². The Kier molecular flexibility index (Phi) is 14.0. The lowest BCUT2D eigenvalue weighted by Gasteiger charge is -2.27. The molecule has 0 saturated heterocycles. The van der Waals surface area contributed by atoms with Gasteiger partial charge in [0.05, 0.1) is 0 Å². The Bertz CT molecular complexity index is 4180. The summed E-state index contributed by atoms with van der Waals surface area (Å²) in [7, 11) is 0. The van der Waals surface area contributed by atoms with Crippen LogP contribution in [0, 0.1) is 0 Å². The van der Waals surface area contributed by atoms with Gasteiger partial charge in [0.2, 0.25) is 0 Å². The highest BCUT2D eigenvalue weighted by molar-refractivity contribution is 5.92. The summed E-state index contributed by atoms with van der Waals surface area (Å²) < 4.78 is 0. The second kappa shape index (κ2) is 23.1. The first kappa shape index (κ1) is 51.0. The van der Waals surface area contributed by atoms with Crippen LogP contribution in [-0.4, -0.2) is 0 Å². The van der Waals surface area contributed by atoms with Crippen molar-refractivity contribution in [3.8, 4) is 33.4 Å². The van der Waals surface area contributed by atoms with Crippen LogP contribution in [0.2, 0.25) is 0 Å². The first-order valence-corrected chi connectivity index (χ1v) is 28.6. The van der Waals surface area contributed by atoms with Crippen LogP contribution in [-0.2, 0) is 0 Å². The number of nitrogens with zero attached hydrogens (tertiary/aromatic N) is 4. The summed E-state index contributed by atoms with van der Waals surface area (Å²) >= 11 is 0. The summed E-state index contributed by atoms with van der Waals surface area (Å²) in [6.45, 7) is 0. The molecule has 0 unspecified atom stereocenters. The molecule has 0 aliphatic heterocycles. The zero-order valence-corrected chi connectivity index (χ0v) is 46.3. The fraction of sp³-hybridized carbons (Fsp3) is 0. The van der Waals surface area contributed by atoms with Crippen LogP contribution in [0.4, 0.5) is 68.2 Å². The van der Waals surface area contributed by atoms with Gasteiger partial charge in [-0.25, -0.2) is 0 Å². The molecule has 0 aliphatic carbocycles. The summed E-state index contributed by atoms with van der Waals surface area (Å²) in [5.41, 5.74) is 20.1. The minimum atomic E-state index is 1.08. The quantitative estimate of drug-likeness (QED) is 0.101. The summed E-state index contributed by atoms with van der Waals surface area (Å²) in [5, 5.41) is 4.89. The van der Waals surface area contributed by atoms with Crippen LogP contribution in [0.15, 0.2) is 352 Å². The van der Waals surface area contributed by atoms with Gasteiger partial charge in [0.15, 0.2) is 0 Å². The second-order valence-corrected chi connectivity index (χ2v) is 21.0. The van der Waals surface area contributed by atoms with Crippen molar-refractivity contribution in [2.24, 2.45) is 0 Å². The molecule has 84 heavy (non-hydrogen) atoms. The first-order chi connectivity index (χ1) is 41.6. The molecule has 0 fully saturated rings. The number of para-hydroxylation sites is 4. The molecule has 14 aromatic carbocycles. The van der Waals surface area contributed by atoms with Crippen LogP contribution in [0.3, 0.4) is 0 Å². The maximum atomic E-state index is 2.33. The molecule has 0 N–H and O–H groups in total. The second-order valence-electron chi connectivity index (χ2n) is 21.0. The monoisotopic (exact) mass is 1070 g/mol. The number of anilines is 12. The highest BCUT2D eigenvalue weighted by atomic mass is 15.2. The predicted octanol–water partition coefficient (Wildman–Crippen LogP) is 22.9. The van der Waals surface area contributed by atoms with Gasteiger partial charge < -0.3 is 19.6 Å². The topological polar surface area (TPSA) is 13.0 Å². The molecule has 0 bridgehead atoms. The number of benzene rings is 14. The zero-order valence-electron chi connectivity index (χ0n) is 46.3. The average Bonchev–Trinajstić information content (AvgIpc) is 3.75. The van der Waals surface area contributed by atoms with Crippen molar-refractivity contribution in [1.82, 2.24) is 0 Å². The average molecular weight is 1080 g/mol. The Hall–Kier alpha value is -11.2. The molecule has 4 heteroatoms. The molecule has 14 rings (SSSR count). The van der Waals surface area contributed by atoms with E-state index < -0.39 is 0 Å². The van der Waals surface area contributed by atoms with E-state index in [1.165, 1.54) is 21.5 Å². The number of fused-ring (bicyclic) bond motifs is 2. The molecular weight excluding hydrogens is 1020 g/mol. The summed E-state index contributed by atoms with van der Waals surface area (Å²) in [6.07, 6.45) is 0. The van der Waals surface area contributed by atoms with Crippen LogP contribution < -0.4 is 19.6 Å². The molecule has 0 aliphatic rings. The van der Waals surface area contributed by atoms with Crippen LogP contribution in [0.25, 0.3) is 54.9 Å². The molecule has 0 spiro atoms. The maximum Gasteiger partial charge on any atom is 0.0468 e. The molecule has 0 heterocycles. The maximum absolute atomic E-state index is 2.33. The van der Waals surface area contributed by atoms with E-state index in [0.29, 0.717) is 0 Å². The van der Waals surface area contributed by atoms with Crippen molar-refractivity contribution < 1.29 is 0 Å². The van der Waals surface area contributed by atoms with Crippen molar-refractivity contribution in [3.05, 3.63) is 352 Å². The van der Waals surface area contributed by atoms with Crippen LogP contribution in [0.5, 0.6) is 0 Å². The highest BCUT2D eigenvalue weighted by Crippen LogP contribution is 2.42. The number of hydrogen-bond acceptors (Lipinski definition) is 4. The van der Waals surface area contributed by atoms with Gasteiger partial charge >= 0.3 is 0 Å². The fourth-order valence-electron chi connectivity index (χ4n) is 11.5. The first-order valence-electron chi connectivity index (χ1n) is 28.6. The fourth-order valence-corrected chi connectivity index (χ4v) is 11.5. The van der Waals surface area contributed by atoms with Crippen LogP contribution in [0.1, 0.15) is 0 Å². The van der Waals surface area contributed by atoms with E-state index in [1.807, 2.05) is 0 Å². The Morgan fingerprint density at radius 1 is 0.119 bits per heavy atom. The summed E-state index contributed by atoms with van der Waals surface area (Å²) in [5.74, 6) is 0. The van der Waals surface area contributed by atoms with Gasteiger partial charge in [0.25, 0.3) is 0 Å². The van der Waals surface area contributed by atoms with Crippen molar-refractivity contribution in [3.63, 3.8) is 0 Å². The SMILES string of the molecule is c1ccc(N(c2ccc(-c3ccc(N(c4ccccc4)c4ccc(-c5ccc(N(c6ccccc6)c6ccc7ccccc7c6)cc5)cc4)cc3)cc2)c2ccc(-c3ccc(N(c4ccccc4)c4ccc5ccccc5c4)cc3)cc2)cc1. The minimum Gasteiger partial charge on any atom is -0.311 e. The van der Waals surface area contributed by atoms with E-state index in [1.54, 1.807) is 0 Å². The molecule has 0 radical (unpaired) electrons. The van der Waals surface area contributed by atoms with Crippen molar-refractivity contribution >= 4 is 89.8 Å². The van der Waals surface area contributed by atoms with Crippen LogP contribution >= 0.6 is 0 Å². The van der Waals surface area contributed by atoms with E-state index in [-0.39, 0.29) is 0 Å². The molecule has 0 aromatic heterocycles. The van der Waals surface area contributed by atoms with E-state index in [9.17, 15) is 0 Å². The van der Waals surface area contributed by atoms with Gasteiger partial charge in [0, 0.05) is 68.2 Å². The van der Waals surface area contributed by atoms with E-state index in [0.717, 1.165) is 102 Å². The normalized spacial score (nSPS) is 11.1. The smallest absolute Gasteiger partial charge is 0.0468 e. The molecule has 0 atom stereocenters. The minimum absolute atomic E-state index is 1.08. The lowest BCUT2D eigenvalue weighted by Crippen LogP contribution is -2.10. The summed E-state index contributed by atoms with van der Waals surface area (Å²) in [6, 6.07) is 126. The Balaban J connectivity index is 0.696. The number of rotatable bonds is 15. The lowest BCUT2D eigenvalue weighted by molar-refractivity contribution is 1.28. The van der Waals surface area contributed by atoms with E-state index in [2.05, 4.69) is 371 Å². The van der Waals surface area contributed by atoms with Gasteiger partial charge in [-0.05, 0) is 201 Å². The molecule has 14 aromatic rings. The predicted molar refractivity (Wildman–Crippen MR) is 356 cm³/mol. The Morgan fingerprint density at radius 2 is 0.286 bits per heavy atom. The summed E-state index contributed by atoms with van der Waals surface area (Å²) in [4.78, 5) is 9.30. The van der Waals surface area contributed by atoms with Gasteiger partial charge in [-0.3, -0.25) is 0 Å². The molecule has 0 amide bonds. The van der Waals surface area contributed by atoms with E-state index >= 15 is 0 Å². The van der Waals surface area contributed by atoms with Crippen molar-refractivity contribution in [2.75, 3.05) is 19.6 Å². The zero-order chi connectivity index (χ0) is 56.0. The molecule has 398 valence electrons. The van der Waals surface area contributed by atoms with Crippen molar-refractivity contribution in [2.45, 2.75) is 0 Å². The van der Waals surface area contributed by atoms with Crippen molar-refractivity contribution in [1.29, 1.82) is 0 Å². The Morgan fingerprint density at radius 3 is 0.512 bits per heavy atom. The van der Waals surface area contributed by atoms with Gasteiger partial charge in [0.1, 0.15) is 0 Å². The highest BCUT2D eigenvalue weighted by Gasteiger charge is 2.18. The molecule has 0 saturated carbocycles. The van der Waals surface area contributed by atoms with Gasteiger partial charge in [-0.2, -0.15) is 0 Å². The third-order valence-electron chi connectivity index (χ3n) is 15.8. The number of hydrogen-bond donors (Lipinski definition) is 0. The Labute approximate surface area is 491 Å². The molecule has 4 nitrogen and oxygen atoms in total.